The van der Waals surface area contributed by atoms with Crippen molar-refractivity contribution in [3.8, 4) is 0 Å². The van der Waals surface area contributed by atoms with E-state index < -0.39 is 0 Å². The maximum atomic E-state index is 5.55. The first-order valence-electron chi connectivity index (χ1n) is 2.20. The van der Waals surface area contributed by atoms with Crippen molar-refractivity contribution in [1.82, 2.24) is 0 Å². The topological polar surface area (TPSA) is 0 Å². The first-order valence-corrected chi connectivity index (χ1v) is 2.96. The van der Waals surface area contributed by atoms with Crippen LogP contribution in [0.4, 0.5) is 0 Å². The van der Waals surface area contributed by atoms with Crippen molar-refractivity contribution in [2.24, 2.45) is 0 Å². The average Bonchev–Trinajstić information content (AvgIpc) is 1.77. The molecule has 1 aromatic carbocycles. The predicted molar refractivity (Wildman–Crippen MR) is 45.0 cm³/mol. The van der Waals surface area contributed by atoms with Crippen molar-refractivity contribution < 1.29 is 0 Å². The molecule has 0 aliphatic rings. The van der Waals surface area contributed by atoms with Gasteiger partial charge in [0.1, 0.15) is 0 Å². The molecule has 1 aromatic rings. The van der Waals surface area contributed by atoms with Crippen LogP contribution in [0.3, 0.4) is 0 Å². The molecule has 0 spiro atoms. The summed E-state index contributed by atoms with van der Waals surface area (Å²) in [7, 11) is 0. The molecule has 0 aliphatic carbocycles. The standard InChI is InChI=1S/C6H4Cl2.Pb.2H/c7-5-1-2-6(8)4-3-5;;;/h1-4H;;;. The second-order valence-corrected chi connectivity index (χ2v) is 2.31. The van der Waals surface area contributed by atoms with Gasteiger partial charge < -0.3 is 0 Å². The molecule has 0 saturated heterocycles. The molecule has 0 N–H and O–H groups in total. The van der Waals surface area contributed by atoms with Gasteiger partial charge in [-0.15, -0.1) is 0 Å². The Balaban J connectivity index is 0.000000640. The Morgan fingerprint density at radius 3 is 1.22 bits per heavy atom. The van der Waals surface area contributed by atoms with Gasteiger partial charge in [0.2, 0.25) is 0 Å². The molecule has 0 aliphatic heterocycles. The molecule has 0 atom stereocenters. The summed E-state index contributed by atoms with van der Waals surface area (Å²) in [5.74, 6) is 0. The fraction of sp³-hybridized carbons (Fsp3) is 0. The van der Waals surface area contributed by atoms with Crippen molar-refractivity contribution in [2.45, 2.75) is 0 Å². The Bertz CT molecular complexity index is 150. The van der Waals surface area contributed by atoms with Gasteiger partial charge in [0, 0.05) is 10.0 Å². The van der Waals surface area contributed by atoms with E-state index in [1.54, 1.807) is 24.3 Å². The summed E-state index contributed by atoms with van der Waals surface area (Å²) in [6.45, 7) is 0. The summed E-state index contributed by atoms with van der Waals surface area (Å²) in [6.07, 6.45) is 0. The van der Waals surface area contributed by atoms with E-state index in [1.807, 2.05) is 0 Å². The molecule has 9 heavy (non-hydrogen) atoms. The summed E-state index contributed by atoms with van der Waals surface area (Å²) in [5.41, 5.74) is 0. The maximum absolute atomic E-state index is 5.55. The van der Waals surface area contributed by atoms with Crippen LogP contribution >= 0.6 is 23.2 Å². The molecule has 0 bridgehead atoms. The van der Waals surface area contributed by atoms with Crippen molar-refractivity contribution >= 4 is 50.5 Å². The molecule has 0 unspecified atom stereocenters. The first kappa shape index (κ1) is 9.72. The Morgan fingerprint density at radius 1 is 0.778 bits per heavy atom. The number of hydrogen-bond acceptors (Lipinski definition) is 0. The molecule has 0 aromatic heterocycles. The third-order valence-electron chi connectivity index (χ3n) is 0.804. The van der Waals surface area contributed by atoms with Crippen LogP contribution < -0.4 is 0 Å². The zero-order valence-electron chi connectivity index (χ0n) is 4.77. The van der Waals surface area contributed by atoms with Crippen LogP contribution in [-0.4, -0.2) is 27.3 Å². The minimum absolute atomic E-state index is 0. The predicted octanol–water partition coefficient (Wildman–Crippen LogP) is 2.08. The van der Waals surface area contributed by atoms with Crippen molar-refractivity contribution in [3.05, 3.63) is 34.3 Å². The Morgan fingerprint density at radius 2 is 1.00 bits per heavy atom. The van der Waals surface area contributed by atoms with E-state index in [0.29, 0.717) is 0 Å². The fourth-order valence-corrected chi connectivity index (χ4v) is 0.682. The van der Waals surface area contributed by atoms with E-state index in [4.69, 9.17) is 23.2 Å². The molecule has 0 saturated carbocycles. The van der Waals surface area contributed by atoms with Crippen LogP contribution in [0.1, 0.15) is 0 Å². The molecule has 2 radical (unpaired) electrons. The zero-order valence-corrected chi connectivity index (χ0v) is 11.8. The third kappa shape index (κ3) is 3.43. The Kier molecular flexibility index (Phi) is 4.89. The minimum atomic E-state index is 0. The molecule has 1 rings (SSSR count). The average molecular weight is 356 g/mol. The van der Waals surface area contributed by atoms with E-state index >= 15 is 0 Å². The Hall–Kier alpha value is 0.722. The molecule has 3 heteroatoms. The summed E-state index contributed by atoms with van der Waals surface area (Å²) >= 11 is 11.1. The van der Waals surface area contributed by atoms with Gasteiger partial charge in [-0.3, -0.25) is 0 Å². The molecular weight excluding hydrogens is 350 g/mol. The van der Waals surface area contributed by atoms with Gasteiger partial charge in [-0.2, -0.15) is 0 Å². The summed E-state index contributed by atoms with van der Waals surface area (Å²) in [6, 6.07) is 7.02. The number of benzene rings is 1. The van der Waals surface area contributed by atoms with E-state index in [2.05, 4.69) is 0 Å². The van der Waals surface area contributed by atoms with Gasteiger partial charge in [-0.05, 0) is 24.3 Å². The third-order valence-corrected chi connectivity index (χ3v) is 1.31. The second kappa shape index (κ2) is 4.52. The molecule has 0 nitrogen and oxygen atoms in total. The van der Waals surface area contributed by atoms with Crippen LogP contribution in [0.5, 0.6) is 0 Å². The van der Waals surface area contributed by atoms with E-state index in [0.717, 1.165) is 10.0 Å². The van der Waals surface area contributed by atoms with Crippen LogP contribution in [-0.2, 0) is 0 Å². The normalized spacial score (nSPS) is 8.22. The van der Waals surface area contributed by atoms with Crippen LogP contribution in [0.15, 0.2) is 24.3 Å². The monoisotopic (exact) mass is 356 g/mol. The van der Waals surface area contributed by atoms with Gasteiger partial charge in [0.25, 0.3) is 0 Å². The molecule has 0 fully saturated rings. The van der Waals surface area contributed by atoms with Gasteiger partial charge in [0.05, 0.1) is 0 Å². The molecule has 0 amide bonds. The second-order valence-electron chi connectivity index (χ2n) is 1.44. The van der Waals surface area contributed by atoms with Crippen LogP contribution in [0.25, 0.3) is 0 Å². The molecular formula is C6H6Cl2Pb. The zero-order chi connectivity index (χ0) is 5.98. The fourth-order valence-electron chi connectivity index (χ4n) is 0.430. The molecule has 0 heterocycles. The van der Waals surface area contributed by atoms with E-state index in [-0.39, 0.29) is 27.3 Å². The van der Waals surface area contributed by atoms with Crippen molar-refractivity contribution in [3.63, 3.8) is 0 Å². The van der Waals surface area contributed by atoms with E-state index in [1.165, 1.54) is 0 Å². The van der Waals surface area contributed by atoms with Gasteiger partial charge in [0.15, 0.2) is 0 Å². The number of hydrogen-bond donors (Lipinski definition) is 0. The Labute approximate surface area is 84.3 Å². The SMILES string of the molecule is Clc1ccc(Cl)cc1.[PbH2]. The van der Waals surface area contributed by atoms with E-state index in [9.17, 15) is 0 Å². The first-order chi connectivity index (χ1) is 3.79. The summed E-state index contributed by atoms with van der Waals surface area (Å²) < 4.78 is 0. The molecule has 48 valence electrons. The number of halogens is 2. The number of rotatable bonds is 0. The van der Waals surface area contributed by atoms with Gasteiger partial charge >= 0.3 is 27.3 Å². The van der Waals surface area contributed by atoms with Crippen LogP contribution in [0, 0.1) is 0 Å². The summed E-state index contributed by atoms with van der Waals surface area (Å²) in [5, 5.41) is 1.43. The van der Waals surface area contributed by atoms with Crippen LogP contribution in [0.2, 0.25) is 10.0 Å². The van der Waals surface area contributed by atoms with Crippen molar-refractivity contribution in [1.29, 1.82) is 0 Å². The summed E-state index contributed by atoms with van der Waals surface area (Å²) in [4.78, 5) is 0. The van der Waals surface area contributed by atoms with Gasteiger partial charge in [-0.25, -0.2) is 0 Å². The van der Waals surface area contributed by atoms with Crippen molar-refractivity contribution in [2.75, 3.05) is 0 Å². The van der Waals surface area contributed by atoms with Gasteiger partial charge in [-0.1, -0.05) is 23.2 Å². The quantitative estimate of drug-likeness (QED) is 0.625.